The number of hydrogen-bond donors (Lipinski definition) is 0. The molecule has 0 amide bonds. The Morgan fingerprint density at radius 1 is 1.23 bits per heavy atom. The van der Waals surface area contributed by atoms with Gasteiger partial charge in [0.15, 0.2) is 0 Å². The summed E-state index contributed by atoms with van der Waals surface area (Å²) in [6.45, 7) is 6.69. The monoisotopic (exact) mass is 298 g/mol. The Morgan fingerprint density at radius 2 is 2.09 bits per heavy atom. The lowest BCUT2D eigenvalue weighted by molar-refractivity contribution is 0.228. The molecule has 1 aliphatic heterocycles. The first-order valence-corrected chi connectivity index (χ1v) is 7.81. The van der Waals surface area contributed by atoms with Crippen LogP contribution in [-0.4, -0.2) is 34.6 Å². The van der Waals surface area contributed by atoms with Gasteiger partial charge in [0.1, 0.15) is 17.4 Å². The average Bonchev–Trinajstić information content (AvgIpc) is 2.53. The average molecular weight is 298 g/mol. The fraction of sp³-hybridized carbons (Fsp3) is 0.471. The predicted molar refractivity (Wildman–Crippen MR) is 86.2 cm³/mol. The van der Waals surface area contributed by atoms with E-state index in [1.165, 1.54) is 12.8 Å². The van der Waals surface area contributed by atoms with Crippen LogP contribution >= 0.6 is 0 Å². The van der Waals surface area contributed by atoms with Crippen molar-refractivity contribution in [1.29, 1.82) is 0 Å². The van der Waals surface area contributed by atoms with E-state index in [1.54, 1.807) is 6.20 Å². The molecule has 3 heterocycles. The van der Waals surface area contributed by atoms with E-state index in [0.29, 0.717) is 5.92 Å². The lowest BCUT2D eigenvalue weighted by Gasteiger charge is -2.33. The second-order valence-corrected chi connectivity index (χ2v) is 5.86. The van der Waals surface area contributed by atoms with Crippen molar-refractivity contribution in [3.05, 3.63) is 42.1 Å². The summed E-state index contributed by atoms with van der Waals surface area (Å²) in [7, 11) is 0. The number of anilines is 1. The van der Waals surface area contributed by atoms with Crippen LogP contribution in [0.25, 0.3) is 0 Å². The number of aromatic nitrogens is 3. The number of rotatable bonds is 4. The van der Waals surface area contributed by atoms with Crippen molar-refractivity contribution in [3.63, 3.8) is 0 Å². The molecule has 1 atom stereocenters. The van der Waals surface area contributed by atoms with Crippen molar-refractivity contribution in [2.45, 2.75) is 26.7 Å². The molecule has 1 aliphatic rings. The Kier molecular flexibility index (Phi) is 4.51. The van der Waals surface area contributed by atoms with Gasteiger partial charge >= 0.3 is 0 Å². The van der Waals surface area contributed by atoms with E-state index >= 15 is 0 Å². The van der Waals surface area contributed by atoms with E-state index in [2.05, 4.69) is 19.9 Å². The van der Waals surface area contributed by atoms with E-state index in [9.17, 15) is 0 Å². The zero-order valence-electron chi connectivity index (χ0n) is 13.2. The first-order chi connectivity index (χ1) is 10.7. The molecule has 5 heteroatoms. The Balaban J connectivity index is 1.59. The van der Waals surface area contributed by atoms with Gasteiger partial charge in [-0.2, -0.15) is 0 Å². The van der Waals surface area contributed by atoms with Crippen LogP contribution in [0, 0.1) is 19.8 Å². The highest BCUT2D eigenvalue weighted by Gasteiger charge is 2.21. The van der Waals surface area contributed by atoms with Crippen LogP contribution in [-0.2, 0) is 0 Å². The predicted octanol–water partition coefficient (Wildman–Crippen LogP) is 2.78. The maximum absolute atomic E-state index is 5.93. The van der Waals surface area contributed by atoms with Gasteiger partial charge in [0.05, 0.1) is 6.61 Å². The number of piperidine rings is 1. The van der Waals surface area contributed by atoms with Crippen molar-refractivity contribution in [1.82, 2.24) is 15.0 Å². The summed E-state index contributed by atoms with van der Waals surface area (Å²) in [5, 5.41) is 0. The highest BCUT2D eigenvalue weighted by atomic mass is 16.5. The van der Waals surface area contributed by atoms with Crippen LogP contribution in [0.15, 0.2) is 30.6 Å². The molecular weight excluding hydrogens is 276 g/mol. The van der Waals surface area contributed by atoms with Gasteiger partial charge in [-0.05, 0) is 38.8 Å². The van der Waals surface area contributed by atoms with Gasteiger partial charge in [-0.25, -0.2) is 9.97 Å². The van der Waals surface area contributed by atoms with Gasteiger partial charge in [-0.1, -0.05) is 0 Å². The van der Waals surface area contributed by atoms with Gasteiger partial charge in [0, 0.05) is 43.2 Å². The molecule has 2 aromatic rings. The summed E-state index contributed by atoms with van der Waals surface area (Å²) in [5.74, 6) is 3.28. The Labute approximate surface area is 131 Å². The van der Waals surface area contributed by atoms with E-state index in [0.717, 1.165) is 42.8 Å². The molecule has 1 fully saturated rings. The summed E-state index contributed by atoms with van der Waals surface area (Å²) in [6.07, 6.45) is 6.00. The van der Waals surface area contributed by atoms with Crippen LogP contribution in [0.1, 0.15) is 24.4 Å². The molecule has 0 saturated carbocycles. The minimum Gasteiger partial charge on any atom is -0.493 e. The number of hydrogen-bond acceptors (Lipinski definition) is 5. The minimum atomic E-state index is 0.525. The van der Waals surface area contributed by atoms with Crippen LogP contribution in [0.2, 0.25) is 0 Å². The van der Waals surface area contributed by atoms with E-state index in [4.69, 9.17) is 4.74 Å². The molecule has 0 N–H and O–H groups in total. The minimum absolute atomic E-state index is 0.525. The number of aryl methyl sites for hydroxylation is 2. The van der Waals surface area contributed by atoms with Crippen LogP contribution in [0.5, 0.6) is 5.75 Å². The smallest absolute Gasteiger partial charge is 0.132 e. The van der Waals surface area contributed by atoms with Crippen molar-refractivity contribution >= 4 is 5.82 Å². The summed E-state index contributed by atoms with van der Waals surface area (Å²) in [4.78, 5) is 15.2. The molecule has 0 aliphatic carbocycles. The Hall–Kier alpha value is -2.17. The zero-order chi connectivity index (χ0) is 15.4. The third kappa shape index (κ3) is 3.72. The molecule has 22 heavy (non-hydrogen) atoms. The van der Waals surface area contributed by atoms with Crippen LogP contribution in [0.3, 0.4) is 0 Å². The number of ether oxygens (including phenoxy) is 1. The molecule has 0 bridgehead atoms. The number of pyridine rings is 1. The summed E-state index contributed by atoms with van der Waals surface area (Å²) in [5.41, 5.74) is 0.985. The van der Waals surface area contributed by atoms with Crippen LogP contribution < -0.4 is 9.64 Å². The number of nitrogens with zero attached hydrogens (tertiary/aromatic N) is 4. The van der Waals surface area contributed by atoms with E-state index in [-0.39, 0.29) is 0 Å². The normalized spacial score (nSPS) is 18.3. The largest absolute Gasteiger partial charge is 0.493 e. The second-order valence-electron chi connectivity index (χ2n) is 5.86. The maximum atomic E-state index is 5.93. The lowest BCUT2D eigenvalue weighted by atomic mass is 9.99. The molecule has 1 unspecified atom stereocenters. The molecular formula is C17H22N4O. The van der Waals surface area contributed by atoms with Gasteiger partial charge in [-0.15, -0.1) is 0 Å². The van der Waals surface area contributed by atoms with Crippen molar-refractivity contribution in [3.8, 4) is 5.75 Å². The molecule has 0 aromatic carbocycles. The summed E-state index contributed by atoms with van der Waals surface area (Å²) < 4.78 is 5.93. The standard InChI is InChI=1S/C17H22N4O/c1-13-10-16(5-7-18-13)22-12-15-4-3-9-21(11-15)17-6-8-19-14(2)20-17/h5-8,10,15H,3-4,9,11-12H2,1-2H3. The van der Waals surface area contributed by atoms with Gasteiger partial charge in [0.2, 0.25) is 0 Å². The molecule has 3 rings (SSSR count). The third-order valence-electron chi connectivity index (χ3n) is 3.96. The van der Waals surface area contributed by atoms with Crippen LogP contribution in [0.4, 0.5) is 5.82 Å². The van der Waals surface area contributed by atoms with Gasteiger partial charge < -0.3 is 9.64 Å². The fourth-order valence-corrected chi connectivity index (χ4v) is 2.85. The molecule has 0 radical (unpaired) electrons. The fourth-order valence-electron chi connectivity index (χ4n) is 2.85. The van der Waals surface area contributed by atoms with Gasteiger partial charge in [0.25, 0.3) is 0 Å². The maximum Gasteiger partial charge on any atom is 0.132 e. The topological polar surface area (TPSA) is 51.1 Å². The Morgan fingerprint density at radius 3 is 2.91 bits per heavy atom. The summed E-state index contributed by atoms with van der Waals surface area (Å²) >= 11 is 0. The van der Waals surface area contributed by atoms with Crippen molar-refractivity contribution in [2.75, 3.05) is 24.6 Å². The first-order valence-electron chi connectivity index (χ1n) is 7.81. The van der Waals surface area contributed by atoms with Gasteiger partial charge in [-0.3, -0.25) is 4.98 Å². The van der Waals surface area contributed by atoms with E-state index in [1.807, 2.05) is 38.2 Å². The van der Waals surface area contributed by atoms with Crippen molar-refractivity contribution in [2.24, 2.45) is 5.92 Å². The Bertz CT molecular complexity index is 632. The molecule has 1 saturated heterocycles. The highest BCUT2D eigenvalue weighted by molar-refractivity contribution is 5.38. The SMILES string of the molecule is Cc1cc(OCC2CCCN(c3ccnc(C)n3)C2)ccn1. The van der Waals surface area contributed by atoms with E-state index < -0.39 is 0 Å². The van der Waals surface area contributed by atoms with Crippen molar-refractivity contribution < 1.29 is 4.74 Å². The highest BCUT2D eigenvalue weighted by Crippen LogP contribution is 2.22. The second kappa shape index (κ2) is 6.73. The quantitative estimate of drug-likeness (QED) is 0.868. The molecule has 116 valence electrons. The molecule has 5 nitrogen and oxygen atoms in total. The molecule has 0 spiro atoms. The third-order valence-corrected chi connectivity index (χ3v) is 3.96. The summed E-state index contributed by atoms with van der Waals surface area (Å²) in [6, 6.07) is 5.89. The lowest BCUT2D eigenvalue weighted by Crippen LogP contribution is -2.38. The first kappa shape index (κ1) is 14.8. The zero-order valence-corrected chi connectivity index (χ0v) is 13.2. The molecule has 2 aromatic heterocycles.